The molecule has 0 bridgehead atoms. The highest BCUT2D eigenvalue weighted by Gasteiger charge is 2.27. The molecule has 98 valence electrons. The molecule has 0 N–H and O–H groups in total. The molecule has 0 radical (unpaired) electrons. The second-order valence-corrected chi connectivity index (χ2v) is 3.80. The van der Waals surface area contributed by atoms with E-state index in [0.29, 0.717) is 12.5 Å². The Morgan fingerprint density at radius 3 is 2.44 bits per heavy atom. The van der Waals surface area contributed by atoms with Crippen molar-refractivity contribution in [2.24, 2.45) is 0 Å². The number of hydrogen-bond acceptors (Lipinski definition) is 2. The summed E-state index contributed by atoms with van der Waals surface area (Å²) in [6.07, 6.45) is 1.37. The van der Waals surface area contributed by atoms with Crippen LogP contribution in [0.5, 0.6) is 0 Å². The molecule has 3 nitrogen and oxygen atoms in total. The van der Waals surface area contributed by atoms with Crippen molar-refractivity contribution in [3.8, 4) is 0 Å². The molecule has 1 heterocycles. The number of hydrogen-bond donors (Lipinski definition) is 0. The molecule has 0 saturated carbocycles. The number of carbonyl (C=O) groups is 1. The van der Waals surface area contributed by atoms with E-state index in [1.807, 2.05) is 0 Å². The monoisotopic (exact) mass is 263 g/mol. The Morgan fingerprint density at radius 2 is 1.83 bits per heavy atom. The smallest absolute Gasteiger partial charge is 0.271 e. The van der Waals surface area contributed by atoms with Gasteiger partial charge in [-0.2, -0.15) is 0 Å². The highest BCUT2D eigenvalue weighted by molar-refractivity contribution is 5.93. The standard InChI is InChI=1S/C11H9F4NO2/c12-7-5-6(8(13)10(15)9(7)14)11(17)16-3-1-2-4-18-16/h5H,1-4H2. The number of amides is 1. The number of halogens is 4. The lowest BCUT2D eigenvalue weighted by atomic mass is 10.1. The van der Waals surface area contributed by atoms with Crippen molar-refractivity contribution in [1.29, 1.82) is 0 Å². The third-order valence-corrected chi connectivity index (χ3v) is 2.56. The lowest BCUT2D eigenvalue weighted by Gasteiger charge is -2.26. The van der Waals surface area contributed by atoms with Gasteiger partial charge in [-0.15, -0.1) is 0 Å². The Balaban J connectivity index is 2.35. The van der Waals surface area contributed by atoms with Gasteiger partial charge in [0.05, 0.1) is 12.2 Å². The molecule has 1 saturated heterocycles. The molecule has 1 aromatic rings. The molecule has 0 aliphatic carbocycles. The van der Waals surface area contributed by atoms with E-state index in [9.17, 15) is 22.4 Å². The second kappa shape index (κ2) is 4.93. The van der Waals surface area contributed by atoms with Gasteiger partial charge in [-0.05, 0) is 18.9 Å². The number of rotatable bonds is 1. The van der Waals surface area contributed by atoms with Gasteiger partial charge in [0.15, 0.2) is 23.3 Å². The largest absolute Gasteiger partial charge is 0.280 e. The van der Waals surface area contributed by atoms with E-state index >= 15 is 0 Å². The maximum Gasteiger partial charge on any atom is 0.280 e. The maximum atomic E-state index is 13.4. The first-order valence-electron chi connectivity index (χ1n) is 5.30. The third-order valence-electron chi connectivity index (χ3n) is 2.56. The minimum atomic E-state index is -2.00. The Kier molecular flexibility index (Phi) is 3.51. The van der Waals surface area contributed by atoms with Crippen molar-refractivity contribution in [2.45, 2.75) is 12.8 Å². The van der Waals surface area contributed by atoms with Crippen molar-refractivity contribution < 1.29 is 27.2 Å². The summed E-state index contributed by atoms with van der Waals surface area (Å²) in [5.74, 6) is -8.30. The number of hydroxylamine groups is 2. The predicted octanol–water partition coefficient (Wildman–Crippen LogP) is 2.41. The number of benzene rings is 1. The molecule has 0 unspecified atom stereocenters. The van der Waals surface area contributed by atoms with E-state index in [1.54, 1.807) is 0 Å². The average Bonchev–Trinajstić information content (AvgIpc) is 2.41. The highest BCUT2D eigenvalue weighted by atomic mass is 19.2. The first-order valence-corrected chi connectivity index (χ1v) is 5.30. The molecule has 0 atom stereocenters. The van der Waals surface area contributed by atoms with Crippen molar-refractivity contribution >= 4 is 5.91 Å². The van der Waals surface area contributed by atoms with Crippen LogP contribution >= 0.6 is 0 Å². The zero-order valence-corrected chi connectivity index (χ0v) is 9.18. The fraction of sp³-hybridized carbons (Fsp3) is 0.364. The van der Waals surface area contributed by atoms with Crippen LogP contribution < -0.4 is 0 Å². The Morgan fingerprint density at radius 1 is 1.11 bits per heavy atom. The van der Waals surface area contributed by atoms with Crippen molar-refractivity contribution in [1.82, 2.24) is 5.06 Å². The normalized spacial score (nSPS) is 15.9. The average molecular weight is 263 g/mol. The van der Waals surface area contributed by atoms with Crippen LogP contribution in [0, 0.1) is 23.3 Å². The predicted molar refractivity (Wildman–Crippen MR) is 52.5 cm³/mol. The van der Waals surface area contributed by atoms with Crippen LogP contribution in [-0.2, 0) is 4.84 Å². The van der Waals surface area contributed by atoms with Gasteiger partial charge in [-0.3, -0.25) is 9.63 Å². The van der Waals surface area contributed by atoms with Gasteiger partial charge >= 0.3 is 0 Å². The summed E-state index contributed by atoms with van der Waals surface area (Å²) in [7, 11) is 0. The molecule has 1 amide bonds. The molecule has 1 aliphatic heterocycles. The van der Waals surface area contributed by atoms with E-state index in [1.165, 1.54) is 0 Å². The molecule has 1 aromatic carbocycles. The van der Waals surface area contributed by atoms with Crippen LogP contribution in [-0.4, -0.2) is 24.1 Å². The number of nitrogens with zero attached hydrogens (tertiary/aromatic N) is 1. The van der Waals surface area contributed by atoms with Gasteiger partial charge in [0.1, 0.15) is 0 Å². The summed E-state index contributed by atoms with van der Waals surface area (Å²) in [4.78, 5) is 16.7. The maximum absolute atomic E-state index is 13.4. The van der Waals surface area contributed by atoms with Crippen LogP contribution in [0.25, 0.3) is 0 Å². The summed E-state index contributed by atoms with van der Waals surface area (Å²) in [6, 6.07) is 0.327. The van der Waals surface area contributed by atoms with Gasteiger partial charge in [-0.1, -0.05) is 0 Å². The second-order valence-electron chi connectivity index (χ2n) is 3.80. The van der Waals surface area contributed by atoms with E-state index in [-0.39, 0.29) is 13.2 Å². The summed E-state index contributed by atoms with van der Waals surface area (Å²) in [6.45, 7) is 0.457. The minimum Gasteiger partial charge on any atom is -0.271 e. The van der Waals surface area contributed by atoms with Crippen LogP contribution in [0.1, 0.15) is 23.2 Å². The third kappa shape index (κ3) is 2.17. The van der Waals surface area contributed by atoms with Gasteiger partial charge < -0.3 is 0 Å². The molecule has 7 heteroatoms. The summed E-state index contributed by atoms with van der Waals surface area (Å²) < 4.78 is 52.0. The van der Waals surface area contributed by atoms with Gasteiger partial charge in [-0.25, -0.2) is 22.6 Å². The highest BCUT2D eigenvalue weighted by Crippen LogP contribution is 2.21. The lowest BCUT2D eigenvalue weighted by Crippen LogP contribution is -2.36. The molecule has 18 heavy (non-hydrogen) atoms. The molecular formula is C11H9F4NO2. The van der Waals surface area contributed by atoms with Crippen molar-refractivity contribution in [2.75, 3.05) is 13.2 Å². The zero-order chi connectivity index (χ0) is 13.3. The fourth-order valence-electron chi connectivity index (χ4n) is 1.62. The van der Waals surface area contributed by atoms with Crippen molar-refractivity contribution in [3.05, 3.63) is 34.9 Å². The first kappa shape index (κ1) is 12.8. The Bertz CT molecular complexity index is 486. The van der Waals surface area contributed by atoms with E-state index < -0.39 is 34.7 Å². The van der Waals surface area contributed by atoms with Gasteiger partial charge in [0.25, 0.3) is 5.91 Å². The fourth-order valence-corrected chi connectivity index (χ4v) is 1.62. The van der Waals surface area contributed by atoms with Crippen LogP contribution in [0.15, 0.2) is 6.07 Å². The lowest BCUT2D eigenvalue weighted by molar-refractivity contribution is -0.144. The molecule has 2 rings (SSSR count). The van der Waals surface area contributed by atoms with E-state index in [2.05, 4.69) is 0 Å². The van der Waals surface area contributed by atoms with Gasteiger partial charge in [0, 0.05) is 6.54 Å². The van der Waals surface area contributed by atoms with Crippen molar-refractivity contribution in [3.63, 3.8) is 0 Å². The first-order chi connectivity index (χ1) is 8.52. The van der Waals surface area contributed by atoms with Crippen LogP contribution in [0.4, 0.5) is 17.6 Å². The summed E-state index contributed by atoms with van der Waals surface area (Å²) in [5, 5.41) is 0.818. The minimum absolute atomic E-state index is 0.193. The van der Waals surface area contributed by atoms with E-state index in [4.69, 9.17) is 4.84 Å². The Hall–Kier alpha value is -1.63. The molecular weight excluding hydrogens is 254 g/mol. The molecule has 0 spiro atoms. The quantitative estimate of drug-likeness (QED) is 0.442. The van der Waals surface area contributed by atoms with Crippen LogP contribution in [0.2, 0.25) is 0 Å². The van der Waals surface area contributed by atoms with Gasteiger partial charge in [0.2, 0.25) is 0 Å². The van der Waals surface area contributed by atoms with Crippen LogP contribution in [0.3, 0.4) is 0 Å². The Labute approximate surface area is 99.9 Å². The topological polar surface area (TPSA) is 29.5 Å². The summed E-state index contributed by atoms with van der Waals surface area (Å²) in [5.41, 5.74) is -0.881. The SMILES string of the molecule is O=C(c1cc(F)c(F)c(F)c1F)N1CCCCO1. The molecule has 1 aliphatic rings. The van der Waals surface area contributed by atoms with E-state index in [0.717, 1.165) is 11.5 Å². The molecule has 1 fully saturated rings. The molecule has 0 aromatic heterocycles. The zero-order valence-electron chi connectivity index (χ0n) is 9.18. The summed E-state index contributed by atoms with van der Waals surface area (Å²) >= 11 is 0. The number of carbonyl (C=O) groups excluding carboxylic acids is 1.